The van der Waals surface area contributed by atoms with Crippen molar-refractivity contribution >= 4 is 66.7 Å². The molecule has 350 valence electrons. The van der Waals surface area contributed by atoms with Crippen LogP contribution in [-0.4, -0.2) is 135 Å². The predicted molar refractivity (Wildman–Crippen MR) is 252 cm³/mol. The Labute approximate surface area is 387 Å². The number of unbranched alkanes of at least 4 members (excludes halogenated alkanes) is 1. The zero-order valence-electron chi connectivity index (χ0n) is 37.5. The SMILES string of the molecule is CCCOCCOCCOCCOCCC(=O)NCCCCN(c1cc(C)c(Nc2nc3ccccc3s2)nn1)c1nc(C(=O)O)c(CCCOc2ccc(C#CCN(C)C)cc2F)s1. The molecule has 0 aliphatic heterocycles. The molecular weight excluding hydrogens is 876 g/mol. The van der Waals surface area contributed by atoms with E-state index in [9.17, 15) is 19.1 Å². The fourth-order valence-corrected chi connectivity index (χ4v) is 8.04. The van der Waals surface area contributed by atoms with Crippen LogP contribution in [0.15, 0.2) is 48.5 Å². The van der Waals surface area contributed by atoms with Crippen molar-refractivity contribution in [2.24, 2.45) is 0 Å². The van der Waals surface area contributed by atoms with Gasteiger partial charge < -0.3 is 44.3 Å². The molecule has 5 rings (SSSR count). The normalized spacial score (nSPS) is 11.2. The Balaban J connectivity index is 1.15. The van der Waals surface area contributed by atoms with E-state index >= 15 is 0 Å². The molecule has 0 radical (unpaired) electrons. The Hall–Kier alpha value is -5.33. The molecule has 3 N–H and O–H groups in total. The summed E-state index contributed by atoms with van der Waals surface area (Å²) in [5.41, 5.74) is 2.16. The number of aromatic nitrogens is 4. The number of hydrogen-bond acceptors (Lipinski definition) is 16. The van der Waals surface area contributed by atoms with Crippen LogP contribution in [0.5, 0.6) is 5.75 Å². The van der Waals surface area contributed by atoms with Crippen LogP contribution < -0.4 is 20.3 Å². The van der Waals surface area contributed by atoms with Gasteiger partial charge in [-0.05, 0) is 95.1 Å². The molecule has 1 amide bonds. The molecule has 0 spiro atoms. The van der Waals surface area contributed by atoms with E-state index in [1.165, 1.54) is 28.7 Å². The van der Waals surface area contributed by atoms with Crippen LogP contribution in [0.3, 0.4) is 0 Å². The molecule has 0 aliphatic rings. The maximum atomic E-state index is 14.8. The van der Waals surface area contributed by atoms with Gasteiger partial charge >= 0.3 is 5.97 Å². The number of carboxylic acid groups (broad SMARTS) is 1. The first-order valence-electron chi connectivity index (χ1n) is 21.7. The largest absolute Gasteiger partial charge is 0.491 e. The summed E-state index contributed by atoms with van der Waals surface area (Å²) in [4.78, 5) is 38.5. The quantitative estimate of drug-likeness (QED) is 0.0309. The summed E-state index contributed by atoms with van der Waals surface area (Å²) in [7, 11) is 3.82. The van der Waals surface area contributed by atoms with E-state index in [0.29, 0.717) is 117 Å². The number of amides is 1. The Bertz CT molecular complexity index is 2280. The third-order valence-corrected chi connectivity index (χ3v) is 11.4. The van der Waals surface area contributed by atoms with Crippen LogP contribution in [0.25, 0.3) is 10.2 Å². The van der Waals surface area contributed by atoms with E-state index in [1.807, 2.05) is 61.2 Å². The number of anilines is 4. The molecule has 0 unspecified atom stereocenters. The molecule has 0 fully saturated rings. The topological polar surface area (TPSA) is 183 Å². The molecule has 16 nitrogen and oxygen atoms in total. The number of para-hydroxylation sites is 1. The highest BCUT2D eigenvalue weighted by Gasteiger charge is 2.23. The number of halogens is 1. The summed E-state index contributed by atoms with van der Waals surface area (Å²) in [6.45, 7) is 9.39. The summed E-state index contributed by atoms with van der Waals surface area (Å²) < 4.78 is 43.5. The second-order valence-electron chi connectivity index (χ2n) is 15.0. The van der Waals surface area contributed by atoms with Gasteiger partial charge in [0, 0.05) is 36.6 Å². The highest BCUT2D eigenvalue weighted by Crippen LogP contribution is 2.34. The molecule has 0 atom stereocenters. The number of aryl methyl sites for hydroxylation is 2. The standard InChI is InChI=1S/C46H59FN8O8S2/c1-5-22-59-25-27-61-29-30-62-28-26-60-24-18-41(56)48-19-8-9-21-55(40-31-33(2)43(53-52-40)51-45-49-36-13-6-7-14-38(36)64-45)46-50-42(44(57)58)39(65-46)15-11-23-63-37-17-16-34(32-35(37)47)12-10-20-54(3)4/h6-7,13-14,16-17,31-32H,5,8-9,11,15,18-30H2,1-4H3,(H,48,56)(H,57,58)(H,49,51,53). The van der Waals surface area contributed by atoms with Crippen molar-refractivity contribution in [3.05, 3.63) is 76.0 Å². The fraction of sp³-hybridized carbons (Fsp3) is 0.478. The Morgan fingerprint density at radius 3 is 2.29 bits per heavy atom. The maximum Gasteiger partial charge on any atom is 0.355 e. The molecule has 0 aliphatic carbocycles. The van der Waals surface area contributed by atoms with Gasteiger partial charge in [-0.2, -0.15) is 0 Å². The van der Waals surface area contributed by atoms with Gasteiger partial charge in [-0.15, -0.1) is 21.5 Å². The summed E-state index contributed by atoms with van der Waals surface area (Å²) in [5.74, 6) is 5.24. The zero-order valence-corrected chi connectivity index (χ0v) is 39.2. The Kier molecular flexibility index (Phi) is 21.7. The van der Waals surface area contributed by atoms with E-state index in [2.05, 4.69) is 49.6 Å². The van der Waals surface area contributed by atoms with Crippen molar-refractivity contribution in [3.8, 4) is 17.6 Å². The van der Waals surface area contributed by atoms with Crippen LogP contribution in [0.4, 0.5) is 26.3 Å². The minimum absolute atomic E-state index is 0.0700. The van der Waals surface area contributed by atoms with Crippen LogP contribution in [0.1, 0.15) is 65.5 Å². The number of aromatic carboxylic acids is 1. The van der Waals surface area contributed by atoms with Gasteiger partial charge in [-0.1, -0.05) is 42.2 Å². The number of carboxylic acids is 1. The van der Waals surface area contributed by atoms with Gasteiger partial charge in [0.05, 0.1) is 69.6 Å². The van der Waals surface area contributed by atoms with Crippen molar-refractivity contribution in [1.29, 1.82) is 0 Å². The molecule has 3 heterocycles. The number of ether oxygens (including phenoxy) is 5. The Morgan fingerprint density at radius 2 is 1.60 bits per heavy atom. The second-order valence-corrected chi connectivity index (χ2v) is 17.1. The number of nitrogens with zero attached hydrogens (tertiary/aromatic N) is 6. The summed E-state index contributed by atoms with van der Waals surface area (Å²) in [5, 5.41) is 26.6. The van der Waals surface area contributed by atoms with Crippen LogP contribution >= 0.6 is 22.7 Å². The number of hydrogen-bond donors (Lipinski definition) is 3. The fourth-order valence-electron chi connectivity index (χ4n) is 6.05. The van der Waals surface area contributed by atoms with Gasteiger partial charge in [-0.3, -0.25) is 9.69 Å². The van der Waals surface area contributed by atoms with Gasteiger partial charge in [0.25, 0.3) is 0 Å². The molecule has 0 saturated carbocycles. The lowest BCUT2D eigenvalue weighted by molar-refractivity contribution is -0.122. The molecule has 2 aromatic carbocycles. The first-order chi connectivity index (χ1) is 31.6. The number of benzene rings is 2. The lowest BCUT2D eigenvalue weighted by atomic mass is 10.2. The lowest BCUT2D eigenvalue weighted by Crippen LogP contribution is -2.27. The number of nitrogens with one attached hydrogen (secondary N) is 2. The number of carbonyl (C=O) groups is 2. The number of carbonyl (C=O) groups excluding carboxylic acids is 1. The molecule has 5 aromatic rings. The molecule has 0 bridgehead atoms. The van der Waals surface area contributed by atoms with Crippen LogP contribution in [0.2, 0.25) is 0 Å². The highest BCUT2D eigenvalue weighted by molar-refractivity contribution is 7.22. The highest BCUT2D eigenvalue weighted by atomic mass is 32.1. The minimum Gasteiger partial charge on any atom is -0.491 e. The monoisotopic (exact) mass is 934 g/mol. The van der Waals surface area contributed by atoms with Crippen molar-refractivity contribution < 1.29 is 42.8 Å². The van der Waals surface area contributed by atoms with Crippen LogP contribution in [-0.2, 0) is 30.2 Å². The first-order valence-corrected chi connectivity index (χ1v) is 23.4. The van der Waals surface area contributed by atoms with Gasteiger partial charge in [0.2, 0.25) is 5.91 Å². The molecule has 3 aromatic heterocycles. The van der Waals surface area contributed by atoms with Gasteiger partial charge in [0.15, 0.2) is 39.2 Å². The van der Waals surface area contributed by atoms with Gasteiger partial charge in [0.1, 0.15) is 0 Å². The van der Waals surface area contributed by atoms with E-state index in [1.54, 1.807) is 12.1 Å². The van der Waals surface area contributed by atoms with Crippen molar-refractivity contribution in [1.82, 2.24) is 30.4 Å². The van der Waals surface area contributed by atoms with E-state index in [0.717, 1.165) is 28.8 Å². The predicted octanol–water partition coefficient (Wildman–Crippen LogP) is 7.26. The third kappa shape index (κ3) is 17.5. The van der Waals surface area contributed by atoms with Crippen molar-refractivity contribution in [2.75, 3.05) is 103 Å². The summed E-state index contributed by atoms with van der Waals surface area (Å²) >= 11 is 2.76. The number of thiazole rings is 2. The minimum atomic E-state index is -1.16. The average molecular weight is 935 g/mol. The molecule has 0 saturated heterocycles. The second kappa shape index (κ2) is 27.9. The molecule has 65 heavy (non-hydrogen) atoms. The molecule has 19 heteroatoms. The molecular formula is C46H59FN8O8S2. The summed E-state index contributed by atoms with van der Waals surface area (Å²) in [6.07, 6.45) is 3.21. The smallest absolute Gasteiger partial charge is 0.355 e. The average Bonchev–Trinajstić information content (AvgIpc) is 3.91. The number of rotatable bonds is 30. The summed E-state index contributed by atoms with van der Waals surface area (Å²) in [6, 6.07) is 14.3. The first kappa shape index (κ1) is 50.7. The van der Waals surface area contributed by atoms with Crippen molar-refractivity contribution in [3.63, 3.8) is 0 Å². The van der Waals surface area contributed by atoms with Gasteiger partial charge in [-0.25, -0.2) is 19.2 Å². The Morgan fingerprint density at radius 1 is 0.862 bits per heavy atom. The maximum absolute atomic E-state index is 14.8. The number of fused-ring (bicyclic) bond motifs is 1. The van der Waals surface area contributed by atoms with Crippen LogP contribution in [0, 0.1) is 24.6 Å². The van der Waals surface area contributed by atoms with E-state index < -0.39 is 11.8 Å². The third-order valence-electron chi connectivity index (χ3n) is 9.32. The van der Waals surface area contributed by atoms with E-state index in [-0.39, 0.29) is 37.0 Å². The zero-order chi connectivity index (χ0) is 46.2. The van der Waals surface area contributed by atoms with Crippen molar-refractivity contribution in [2.45, 2.75) is 52.4 Å². The lowest BCUT2D eigenvalue weighted by Gasteiger charge is -2.21. The van der Waals surface area contributed by atoms with E-state index in [4.69, 9.17) is 23.7 Å².